The van der Waals surface area contributed by atoms with Crippen LogP contribution in [0.15, 0.2) is 10.5 Å². The number of carbonyl (C=O) groups is 1. The third-order valence-corrected chi connectivity index (χ3v) is 3.88. The van der Waals surface area contributed by atoms with Gasteiger partial charge in [0.15, 0.2) is 0 Å². The van der Waals surface area contributed by atoms with Gasteiger partial charge in [-0.1, -0.05) is 0 Å². The topological polar surface area (TPSA) is 45.5 Å². The fourth-order valence-electron chi connectivity index (χ4n) is 2.75. The van der Waals surface area contributed by atoms with Crippen LogP contribution in [0.25, 0.3) is 0 Å². The Bertz CT molecular complexity index is 433. The molecule has 2 rings (SSSR count). The second kappa shape index (κ2) is 6.24. The van der Waals surface area contributed by atoms with E-state index < -0.39 is 0 Å². The van der Waals surface area contributed by atoms with Crippen molar-refractivity contribution in [3.8, 4) is 0 Å². The summed E-state index contributed by atoms with van der Waals surface area (Å²) in [6.45, 7) is 9.54. The summed E-state index contributed by atoms with van der Waals surface area (Å²) in [4.78, 5) is 14.5. The lowest BCUT2D eigenvalue weighted by atomic mass is 9.97. The van der Waals surface area contributed by atoms with Gasteiger partial charge in [-0.15, -0.1) is 0 Å². The molecule has 1 fully saturated rings. The highest BCUT2D eigenvalue weighted by Gasteiger charge is 2.23. The second-order valence-corrected chi connectivity index (χ2v) is 5.36. The van der Waals surface area contributed by atoms with Crippen LogP contribution in [0.5, 0.6) is 0 Å². The quantitative estimate of drug-likeness (QED) is 0.908. The number of nitrogens with one attached hydrogen (secondary N) is 1. The standard InChI is InChI=1S/C15H24N2O2/c1-4-17(10-13-5-7-16-8-6-13)15(18)14-9-11(2)19-12(14)3/h9,13,16H,4-8,10H2,1-3H3. The van der Waals surface area contributed by atoms with Crippen LogP contribution in [0.2, 0.25) is 0 Å². The van der Waals surface area contributed by atoms with Crippen LogP contribution >= 0.6 is 0 Å². The van der Waals surface area contributed by atoms with Crippen LogP contribution < -0.4 is 5.32 Å². The summed E-state index contributed by atoms with van der Waals surface area (Å²) in [5.41, 5.74) is 0.716. The van der Waals surface area contributed by atoms with E-state index in [0.717, 1.165) is 50.5 Å². The number of furan rings is 1. The predicted octanol–water partition coefficient (Wildman–Crippen LogP) is 2.36. The van der Waals surface area contributed by atoms with Gasteiger partial charge in [-0.3, -0.25) is 4.79 Å². The lowest BCUT2D eigenvalue weighted by Gasteiger charge is -2.29. The molecule has 1 aromatic heterocycles. The summed E-state index contributed by atoms with van der Waals surface area (Å²) in [6.07, 6.45) is 2.32. The van der Waals surface area contributed by atoms with Gasteiger partial charge in [0.2, 0.25) is 0 Å². The summed E-state index contributed by atoms with van der Waals surface area (Å²) in [5, 5.41) is 3.36. The Morgan fingerprint density at radius 3 is 2.63 bits per heavy atom. The molecule has 0 saturated carbocycles. The van der Waals surface area contributed by atoms with Crippen LogP contribution in [0.1, 0.15) is 41.6 Å². The molecule has 1 saturated heterocycles. The van der Waals surface area contributed by atoms with Crippen molar-refractivity contribution in [2.24, 2.45) is 5.92 Å². The second-order valence-electron chi connectivity index (χ2n) is 5.36. The lowest BCUT2D eigenvalue weighted by Crippen LogP contribution is -2.39. The number of nitrogens with zero attached hydrogens (tertiary/aromatic N) is 1. The number of rotatable bonds is 4. The lowest BCUT2D eigenvalue weighted by molar-refractivity contribution is 0.0725. The van der Waals surface area contributed by atoms with E-state index in [1.165, 1.54) is 0 Å². The molecule has 1 aromatic rings. The Balaban J connectivity index is 2.04. The van der Waals surface area contributed by atoms with Crippen LogP contribution in [0.3, 0.4) is 0 Å². The SMILES string of the molecule is CCN(CC1CCNCC1)C(=O)c1cc(C)oc1C. The maximum Gasteiger partial charge on any atom is 0.257 e. The van der Waals surface area contributed by atoms with Gasteiger partial charge in [-0.05, 0) is 58.7 Å². The first-order chi connectivity index (χ1) is 9.11. The molecule has 0 atom stereocenters. The van der Waals surface area contributed by atoms with E-state index in [-0.39, 0.29) is 5.91 Å². The molecule has 0 spiro atoms. The minimum Gasteiger partial charge on any atom is -0.466 e. The summed E-state index contributed by atoms with van der Waals surface area (Å²) in [6, 6.07) is 1.85. The molecule has 1 aliphatic rings. The third-order valence-electron chi connectivity index (χ3n) is 3.88. The molecule has 1 aliphatic heterocycles. The molecular weight excluding hydrogens is 240 g/mol. The molecule has 4 heteroatoms. The van der Waals surface area contributed by atoms with Crippen molar-refractivity contribution < 1.29 is 9.21 Å². The van der Waals surface area contributed by atoms with Crippen LogP contribution in [0.4, 0.5) is 0 Å². The molecule has 1 N–H and O–H groups in total. The van der Waals surface area contributed by atoms with E-state index in [0.29, 0.717) is 11.5 Å². The summed E-state index contributed by atoms with van der Waals surface area (Å²) < 4.78 is 5.46. The molecule has 0 aliphatic carbocycles. The van der Waals surface area contributed by atoms with Crippen molar-refractivity contribution in [3.63, 3.8) is 0 Å². The molecule has 1 amide bonds. The molecule has 0 unspecified atom stereocenters. The maximum atomic E-state index is 12.5. The summed E-state index contributed by atoms with van der Waals surface area (Å²) >= 11 is 0. The first-order valence-corrected chi connectivity index (χ1v) is 7.18. The van der Waals surface area contributed by atoms with E-state index >= 15 is 0 Å². The maximum absolute atomic E-state index is 12.5. The summed E-state index contributed by atoms with van der Waals surface area (Å²) in [5.74, 6) is 2.26. The monoisotopic (exact) mass is 264 g/mol. The minimum absolute atomic E-state index is 0.107. The van der Waals surface area contributed by atoms with Crippen molar-refractivity contribution in [2.75, 3.05) is 26.2 Å². The number of piperidine rings is 1. The highest BCUT2D eigenvalue weighted by Crippen LogP contribution is 2.19. The number of carbonyl (C=O) groups excluding carboxylic acids is 1. The normalized spacial score (nSPS) is 16.6. The molecule has 19 heavy (non-hydrogen) atoms. The van der Waals surface area contributed by atoms with Gasteiger partial charge in [-0.25, -0.2) is 0 Å². The average molecular weight is 264 g/mol. The van der Waals surface area contributed by atoms with Crippen LogP contribution in [0, 0.1) is 19.8 Å². The Labute approximate surface area is 115 Å². The van der Waals surface area contributed by atoms with Crippen molar-refractivity contribution in [2.45, 2.75) is 33.6 Å². The van der Waals surface area contributed by atoms with Gasteiger partial charge >= 0.3 is 0 Å². The number of amides is 1. The average Bonchev–Trinajstić information content (AvgIpc) is 2.75. The van der Waals surface area contributed by atoms with Crippen molar-refractivity contribution in [3.05, 3.63) is 23.2 Å². The van der Waals surface area contributed by atoms with Crippen molar-refractivity contribution in [1.29, 1.82) is 0 Å². The highest BCUT2D eigenvalue weighted by atomic mass is 16.3. The fraction of sp³-hybridized carbons (Fsp3) is 0.667. The first-order valence-electron chi connectivity index (χ1n) is 7.18. The van der Waals surface area contributed by atoms with E-state index in [4.69, 9.17) is 4.42 Å². The minimum atomic E-state index is 0.107. The molecule has 4 nitrogen and oxygen atoms in total. The van der Waals surface area contributed by atoms with Gasteiger partial charge in [0.05, 0.1) is 5.56 Å². The Morgan fingerprint density at radius 2 is 2.11 bits per heavy atom. The zero-order valence-electron chi connectivity index (χ0n) is 12.2. The van der Waals surface area contributed by atoms with E-state index in [1.807, 2.05) is 31.7 Å². The Morgan fingerprint density at radius 1 is 1.42 bits per heavy atom. The van der Waals surface area contributed by atoms with Gasteiger partial charge < -0.3 is 14.6 Å². The third kappa shape index (κ3) is 3.38. The fourth-order valence-corrected chi connectivity index (χ4v) is 2.75. The van der Waals surface area contributed by atoms with E-state index in [9.17, 15) is 4.79 Å². The zero-order valence-corrected chi connectivity index (χ0v) is 12.2. The zero-order chi connectivity index (χ0) is 13.8. The predicted molar refractivity (Wildman–Crippen MR) is 75.4 cm³/mol. The number of hydrogen-bond acceptors (Lipinski definition) is 3. The number of hydrogen-bond donors (Lipinski definition) is 1. The van der Waals surface area contributed by atoms with E-state index in [2.05, 4.69) is 5.32 Å². The first kappa shape index (κ1) is 14.1. The van der Waals surface area contributed by atoms with Gasteiger partial charge in [0, 0.05) is 13.1 Å². The smallest absolute Gasteiger partial charge is 0.257 e. The van der Waals surface area contributed by atoms with E-state index in [1.54, 1.807) is 0 Å². The molecule has 0 radical (unpaired) electrons. The van der Waals surface area contributed by atoms with Crippen LogP contribution in [-0.2, 0) is 0 Å². The summed E-state index contributed by atoms with van der Waals surface area (Å²) in [7, 11) is 0. The highest BCUT2D eigenvalue weighted by molar-refractivity contribution is 5.95. The van der Waals surface area contributed by atoms with Gasteiger partial charge in [0.25, 0.3) is 5.91 Å². The van der Waals surface area contributed by atoms with Crippen molar-refractivity contribution >= 4 is 5.91 Å². The largest absolute Gasteiger partial charge is 0.466 e. The van der Waals surface area contributed by atoms with Gasteiger partial charge in [0.1, 0.15) is 11.5 Å². The Hall–Kier alpha value is -1.29. The molecule has 0 aromatic carbocycles. The number of aryl methyl sites for hydroxylation is 2. The molecule has 0 bridgehead atoms. The molecular formula is C15H24N2O2. The molecule has 106 valence electrons. The van der Waals surface area contributed by atoms with Gasteiger partial charge in [-0.2, -0.15) is 0 Å². The Kier molecular flexibility index (Phi) is 4.64. The van der Waals surface area contributed by atoms with Crippen LogP contribution in [-0.4, -0.2) is 37.0 Å². The molecule has 2 heterocycles. The van der Waals surface area contributed by atoms with Crippen molar-refractivity contribution in [1.82, 2.24) is 10.2 Å².